The molecule has 8 heteroatoms. The van der Waals surface area contributed by atoms with Gasteiger partial charge in [-0.3, -0.25) is 9.48 Å². The molecule has 2 aromatic rings. The van der Waals surface area contributed by atoms with Crippen molar-refractivity contribution in [1.82, 2.24) is 15.1 Å². The molecule has 1 aliphatic rings. The van der Waals surface area contributed by atoms with Gasteiger partial charge in [0, 0.05) is 31.3 Å². The first-order chi connectivity index (χ1) is 12.0. The third kappa shape index (κ3) is 4.20. The summed E-state index contributed by atoms with van der Waals surface area (Å²) in [4.78, 5) is 17.2. The van der Waals surface area contributed by atoms with Gasteiger partial charge in [-0.2, -0.15) is 5.10 Å². The topological polar surface area (TPSA) is 68.5 Å². The smallest absolute Gasteiger partial charge is 0.264 e. The fraction of sp³-hybridized carbons (Fsp3) is 0.353. The lowest BCUT2D eigenvalue weighted by atomic mass is 10.0. The van der Waals surface area contributed by atoms with E-state index < -0.39 is 17.7 Å². The van der Waals surface area contributed by atoms with Gasteiger partial charge in [-0.15, -0.1) is 0 Å². The molecule has 1 amide bonds. The molecule has 1 unspecified atom stereocenters. The summed E-state index contributed by atoms with van der Waals surface area (Å²) in [5.74, 6) is -1.49. The van der Waals surface area contributed by atoms with Gasteiger partial charge < -0.3 is 10.2 Å². The van der Waals surface area contributed by atoms with Crippen LogP contribution < -0.4 is 5.32 Å². The Bertz CT molecular complexity index is 804. The number of rotatable bonds is 6. The largest absolute Gasteiger partial charge is 0.382 e. The van der Waals surface area contributed by atoms with Gasteiger partial charge >= 0.3 is 0 Å². The Kier molecular flexibility index (Phi) is 5.06. The molecule has 25 heavy (non-hydrogen) atoms. The van der Waals surface area contributed by atoms with Crippen LogP contribution >= 0.6 is 0 Å². The molecule has 132 valence electrons. The van der Waals surface area contributed by atoms with E-state index in [1.807, 2.05) is 17.8 Å². The molecule has 0 saturated heterocycles. The zero-order valence-electron chi connectivity index (χ0n) is 13.7. The Labute approximate surface area is 143 Å². The van der Waals surface area contributed by atoms with Crippen LogP contribution in [0.2, 0.25) is 0 Å². The molecular weight excluding hydrogens is 330 g/mol. The number of oxime groups is 1. The maximum absolute atomic E-state index is 13.7. The van der Waals surface area contributed by atoms with E-state index in [0.717, 1.165) is 23.8 Å². The van der Waals surface area contributed by atoms with E-state index in [2.05, 4.69) is 15.6 Å². The molecule has 0 bridgehead atoms. The highest BCUT2D eigenvalue weighted by Crippen LogP contribution is 2.20. The van der Waals surface area contributed by atoms with Crippen molar-refractivity contribution < 1.29 is 18.4 Å². The summed E-state index contributed by atoms with van der Waals surface area (Å²) < 4.78 is 28.8. The van der Waals surface area contributed by atoms with Gasteiger partial charge in [0.1, 0.15) is 11.6 Å². The summed E-state index contributed by atoms with van der Waals surface area (Å²) in [5, 5.41) is 10.6. The number of nitrogens with zero attached hydrogens (tertiary/aromatic N) is 3. The van der Waals surface area contributed by atoms with Crippen LogP contribution in [0.4, 0.5) is 8.78 Å². The van der Waals surface area contributed by atoms with Gasteiger partial charge in [0.05, 0.1) is 11.9 Å². The summed E-state index contributed by atoms with van der Waals surface area (Å²) in [5.41, 5.74) is 1.33. The highest BCUT2D eigenvalue weighted by Gasteiger charge is 2.30. The lowest BCUT2D eigenvalue weighted by molar-refractivity contribution is -0.131. The number of halogens is 2. The van der Waals surface area contributed by atoms with Gasteiger partial charge in [-0.05, 0) is 37.1 Å². The molecule has 1 N–H and O–H groups in total. The van der Waals surface area contributed by atoms with Crippen LogP contribution in [0.5, 0.6) is 0 Å². The number of nitrogens with one attached hydrogen (secondary N) is 1. The van der Waals surface area contributed by atoms with Crippen molar-refractivity contribution in [3.63, 3.8) is 0 Å². The second kappa shape index (κ2) is 7.42. The Morgan fingerprint density at radius 1 is 1.44 bits per heavy atom. The van der Waals surface area contributed by atoms with Crippen molar-refractivity contribution in [3.05, 3.63) is 53.4 Å². The van der Waals surface area contributed by atoms with E-state index in [4.69, 9.17) is 4.84 Å². The van der Waals surface area contributed by atoms with Gasteiger partial charge in [0.2, 0.25) is 6.10 Å². The summed E-state index contributed by atoms with van der Waals surface area (Å²) in [7, 11) is 0. The van der Waals surface area contributed by atoms with Crippen molar-refractivity contribution in [2.45, 2.75) is 32.4 Å². The van der Waals surface area contributed by atoms with E-state index in [1.165, 1.54) is 0 Å². The third-order valence-corrected chi connectivity index (χ3v) is 3.83. The quantitative estimate of drug-likeness (QED) is 0.814. The predicted octanol–water partition coefficient (Wildman–Crippen LogP) is 2.17. The fourth-order valence-electron chi connectivity index (χ4n) is 2.55. The van der Waals surface area contributed by atoms with Crippen molar-refractivity contribution >= 4 is 11.6 Å². The van der Waals surface area contributed by atoms with Crippen LogP contribution in [-0.4, -0.2) is 34.0 Å². The molecule has 0 radical (unpaired) electrons. The molecule has 3 rings (SSSR count). The molecule has 1 atom stereocenters. The predicted molar refractivity (Wildman–Crippen MR) is 87.0 cm³/mol. The standard InChI is InChI=1S/C17H18F2N4O2/c1-11-9-21-23(10-11)6-2-5-20-17(24)16-8-15(22-25-16)13-7-12(18)3-4-14(13)19/h3-4,7,9-10,16H,2,5-6,8H2,1H3,(H,20,24). The number of amides is 1. The van der Waals surface area contributed by atoms with Crippen LogP contribution in [0.15, 0.2) is 35.7 Å². The molecular formula is C17H18F2N4O2. The summed E-state index contributed by atoms with van der Waals surface area (Å²) in [6.45, 7) is 3.11. The monoisotopic (exact) mass is 348 g/mol. The van der Waals surface area contributed by atoms with Crippen molar-refractivity contribution in [1.29, 1.82) is 0 Å². The second-order valence-corrected chi connectivity index (χ2v) is 5.89. The fourth-order valence-corrected chi connectivity index (χ4v) is 2.55. The average Bonchev–Trinajstić information content (AvgIpc) is 3.23. The minimum atomic E-state index is -0.829. The maximum atomic E-state index is 13.7. The van der Waals surface area contributed by atoms with Gasteiger partial charge in [-0.1, -0.05) is 5.16 Å². The highest BCUT2D eigenvalue weighted by atomic mass is 19.1. The number of carbonyl (C=O) groups excluding carboxylic acids is 1. The summed E-state index contributed by atoms with van der Waals surface area (Å²) in [6, 6.07) is 3.10. The number of carbonyl (C=O) groups is 1. The highest BCUT2D eigenvalue weighted by molar-refractivity contribution is 6.04. The van der Waals surface area contributed by atoms with E-state index in [-0.39, 0.29) is 23.6 Å². The maximum Gasteiger partial charge on any atom is 0.264 e. The zero-order chi connectivity index (χ0) is 17.8. The summed E-state index contributed by atoms with van der Waals surface area (Å²) in [6.07, 6.45) is 3.69. The van der Waals surface area contributed by atoms with Crippen LogP contribution in [0, 0.1) is 18.6 Å². The average molecular weight is 348 g/mol. The van der Waals surface area contributed by atoms with E-state index in [0.29, 0.717) is 19.5 Å². The zero-order valence-corrected chi connectivity index (χ0v) is 13.7. The molecule has 0 aliphatic carbocycles. The lowest BCUT2D eigenvalue weighted by Crippen LogP contribution is -2.35. The Morgan fingerprint density at radius 2 is 2.28 bits per heavy atom. The summed E-state index contributed by atoms with van der Waals surface area (Å²) >= 11 is 0. The molecule has 1 aromatic heterocycles. The van der Waals surface area contributed by atoms with Gasteiger partial charge in [0.25, 0.3) is 5.91 Å². The molecule has 1 aromatic carbocycles. The number of aryl methyl sites for hydroxylation is 2. The first-order valence-electron chi connectivity index (χ1n) is 7.98. The van der Waals surface area contributed by atoms with Crippen LogP contribution in [0.25, 0.3) is 0 Å². The SMILES string of the molecule is Cc1cnn(CCCNC(=O)C2CC(c3cc(F)ccc3F)=NO2)c1. The Balaban J connectivity index is 1.46. The normalized spacial score (nSPS) is 16.4. The van der Waals surface area contributed by atoms with Gasteiger partial charge in [0.15, 0.2) is 0 Å². The number of hydrogen-bond acceptors (Lipinski definition) is 4. The van der Waals surface area contributed by atoms with Crippen LogP contribution in [0.3, 0.4) is 0 Å². The molecule has 1 aliphatic heterocycles. The third-order valence-electron chi connectivity index (χ3n) is 3.83. The Morgan fingerprint density at radius 3 is 3.04 bits per heavy atom. The molecule has 0 saturated carbocycles. The van der Waals surface area contributed by atoms with Gasteiger partial charge in [-0.25, -0.2) is 8.78 Å². The molecule has 0 spiro atoms. The first-order valence-corrected chi connectivity index (χ1v) is 7.98. The van der Waals surface area contributed by atoms with Crippen LogP contribution in [-0.2, 0) is 16.2 Å². The lowest BCUT2D eigenvalue weighted by Gasteiger charge is -2.09. The first kappa shape index (κ1) is 17.1. The van der Waals surface area contributed by atoms with Crippen molar-refractivity contribution in [3.8, 4) is 0 Å². The van der Waals surface area contributed by atoms with Crippen molar-refractivity contribution in [2.75, 3.05) is 6.54 Å². The molecule has 0 fully saturated rings. The second-order valence-electron chi connectivity index (χ2n) is 5.89. The minimum Gasteiger partial charge on any atom is -0.382 e. The van der Waals surface area contributed by atoms with E-state index >= 15 is 0 Å². The van der Waals surface area contributed by atoms with E-state index in [9.17, 15) is 13.6 Å². The van der Waals surface area contributed by atoms with E-state index in [1.54, 1.807) is 6.20 Å². The van der Waals surface area contributed by atoms with Crippen molar-refractivity contribution in [2.24, 2.45) is 5.16 Å². The number of aromatic nitrogens is 2. The molecule has 2 heterocycles. The van der Waals surface area contributed by atoms with Crippen LogP contribution in [0.1, 0.15) is 24.0 Å². The number of benzene rings is 1. The Hall–Kier alpha value is -2.77. The number of hydrogen-bond donors (Lipinski definition) is 1. The minimum absolute atomic E-state index is 0.0179. The molecule has 6 nitrogen and oxygen atoms in total.